The summed E-state index contributed by atoms with van der Waals surface area (Å²) in [5, 5.41) is 0. The van der Waals surface area contributed by atoms with Crippen LogP contribution in [0.2, 0.25) is 0 Å². The molecule has 3 N–H and O–H groups in total. The molecule has 0 heterocycles. The highest BCUT2D eigenvalue weighted by atomic mass is 32.2. The molecule has 4 nitrogen and oxygen atoms in total. The number of nitrogens with two attached hydrogens (primary N) is 1. The van der Waals surface area contributed by atoms with Gasteiger partial charge in [0.05, 0.1) is 11.9 Å². The number of anilines is 1. The lowest BCUT2D eigenvalue weighted by Gasteiger charge is -2.11. The minimum Gasteiger partial charge on any atom is -0.327 e. The Balaban J connectivity index is 1.93. The second-order valence-electron chi connectivity index (χ2n) is 5.55. The molecule has 0 unspecified atom stereocenters. The van der Waals surface area contributed by atoms with E-state index in [0.717, 1.165) is 23.8 Å². The van der Waals surface area contributed by atoms with Crippen LogP contribution in [0, 0.1) is 0 Å². The van der Waals surface area contributed by atoms with Gasteiger partial charge < -0.3 is 5.73 Å². The van der Waals surface area contributed by atoms with Crippen LogP contribution in [0.25, 0.3) is 11.1 Å². The van der Waals surface area contributed by atoms with E-state index < -0.39 is 10.0 Å². The van der Waals surface area contributed by atoms with E-state index >= 15 is 0 Å². The molecule has 3 rings (SSSR count). The molecule has 0 amide bonds. The second-order valence-corrected chi connectivity index (χ2v) is 7.30. The zero-order chi connectivity index (χ0) is 15.0. The number of hydrogen-bond donors (Lipinski definition) is 2. The van der Waals surface area contributed by atoms with Gasteiger partial charge in [-0.05, 0) is 23.6 Å². The van der Waals surface area contributed by atoms with Crippen LogP contribution in [0.1, 0.15) is 17.9 Å². The van der Waals surface area contributed by atoms with Crippen molar-refractivity contribution in [3.63, 3.8) is 0 Å². The zero-order valence-electron chi connectivity index (χ0n) is 11.8. The monoisotopic (exact) mass is 302 g/mol. The maximum Gasteiger partial charge on any atom is 0.229 e. The number of para-hydroxylation sites is 1. The molecule has 5 heteroatoms. The van der Waals surface area contributed by atoms with Gasteiger partial charge in [0, 0.05) is 17.5 Å². The van der Waals surface area contributed by atoms with Gasteiger partial charge in [-0.1, -0.05) is 42.5 Å². The van der Waals surface area contributed by atoms with Crippen LogP contribution < -0.4 is 10.5 Å². The highest BCUT2D eigenvalue weighted by Crippen LogP contribution is 2.39. The molecule has 1 saturated carbocycles. The molecule has 2 aromatic rings. The Hall–Kier alpha value is -1.85. The molecule has 2 aromatic carbocycles. The molecular formula is C16H18N2O2S. The molecule has 0 saturated heterocycles. The molecule has 0 aromatic heterocycles. The Bertz CT molecular complexity index is 754. The van der Waals surface area contributed by atoms with Gasteiger partial charge >= 0.3 is 0 Å². The van der Waals surface area contributed by atoms with Crippen molar-refractivity contribution in [1.82, 2.24) is 0 Å². The molecule has 21 heavy (non-hydrogen) atoms. The van der Waals surface area contributed by atoms with Crippen molar-refractivity contribution < 1.29 is 8.42 Å². The van der Waals surface area contributed by atoms with Crippen LogP contribution in [0.5, 0.6) is 0 Å². The maximum atomic E-state index is 11.4. The minimum atomic E-state index is -3.29. The Labute approximate surface area is 125 Å². The molecule has 0 spiro atoms. The predicted octanol–water partition coefficient (Wildman–Crippen LogP) is 2.54. The van der Waals surface area contributed by atoms with Gasteiger partial charge in [-0.2, -0.15) is 0 Å². The molecule has 0 bridgehead atoms. The lowest BCUT2D eigenvalue weighted by molar-refractivity contribution is 0.607. The number of rotatable bonds is 4. The van der Waals surface area contributed by atoms with E-state index in [1.807, 2.05) is 30.3 Å². The lowest BCUT2D eigenvalue weighted by Crippen LogP contribution is -2.10. The smallest absolute Gasteiger partial charge is 0.229 e. The standard InChI is InChI=1S/C16H18N2O2S/c1-21(19,20)18-16-5-3-2-4-13(16)11-6-8-12(9-7-11)14-10-15(14)17/h2-9,14-15,18H,10,17H2,1H3/t14-,15+/m0/s1. The average Bonchev–Trinajstić information content (AvgIpc) is 3.15. The van der Waals surface area contributed by atoms with Gasteiger partial charge in [0.1, 0.15) is 0 Å². The van der Waals surface area contributed by atoms with Crippen molar-refractivity contribution in [2.24, 2.45) is 5.73 Å². The van der Waals surface area contributed by atoms with Crippen molar-refractivity contribution in [3.8, 4) is 11.1 Å². The first-order chi connectivity index (χ1) is 9.94. The first-order valence-electron chi connectivity index (χ1n) is 6.87. The fourth-order valence-corrected chi connectivity index (χ4v) is 3.11. The van der Waals surface area contributed by atoms with Crippen molar-refractivity contribution in [2.45, 2.75) is 18.4 Å². The second kappa shape index (κ2) is 5.16. The molecule has 0 aliphatic heterocycles. The third kappa shape index (κ3) is 3.25. The first-order valence-corrected chi connectivity index (χ1v) is 8.76. The highest BCUT2D eigenvalue weighted by Gasteiger charge is 2.34. The summed E-state index contributed by atoms with van der Waals surface area (Å²) in [6.07, 6.45) is 2.20. The van der Waals surface area contributed by atoms with E-state index in [0.29, 0.717) is 11.6 Å². The number of sulfonamides is 1. The van der Waals surface area contributed by atoms with Gasteiger partial charge in [0.15, 0.2) is 0 Å². The van der Waals surface area contributed by atoms with Crippen LogP contribution in [0.3, 0.4) is 0 Å². The number of benzene rings is 2. The predicted molar refractivity (Wildman–Crippen MR) is 85.7 cm³/mol. The minimum absolute atomic E-state index is 0.287. The molecule has 1 fully saturated rings. The van der Waals surface area contributed by atoms with E-state index in [-0.39, 0.29) is 6.04 Å². The Morgan fingerprint density at radius 3 is 2.29 bits per heavy atom. The molecule has 2 atom stereocenters. The third-order valence-corrected chi connectivity index (χ3v) is 4.30. The zero-order valence-corrected chi connectivity index (χ0v) is 12.6. The van der Waals surface area contributed by atoms with Crippen molar-refractivity contribution in [3.05, 3.63) is 54.1 Å². The van der Waals surface area contributed by atoms with E-state index in [2.05, 4.69) is 16.9 Å². The topological polar surface area (TPSA) is 72.2 Å². The Kier molecular flexibility index (Phi) is 3.47. The summed E-state index contributed by atoms with van der Waals surface area (Å²) >= 11 is 0. The largest absolute Gasteiger partial charge is 0.327 e. The van der Waals surface area contributed by atoms with Gasteiger partial charge in [-0.25, -0.2) is 8.42 Å². The van der Waals surface area contributed by atoms with Gasteiger partial charge in [-0.15, -0.1) is 0 Å². The van der Waals surface area contributed by atoms with E-state index in [1.165, 1.54) is 5.56 Å². The quantitative estimate of drug-likeness (QED) is 0.911. The normalized spacial score (nSPS) is 21.0. The summed E-state index contributed by atoms with van der Waals surface area (Å²) < 4.78 is 25.5. The SMILES string of the molecule is CS(=O)(=O)Nc1ccccc1-c1ccc([C@@H]2C[C@H]2N)cc1. The summed E-state index contributed by atoms with van der Waals surface area (Å²) in [5.41, 5.74) is 9.56. The van der Waals surface area contributed by atoms with Crippen LogP contribution in [0.4, 0.5) is 5.69 Å². The summed E-state index contributed by atoms with van der Waals surface area (Å²) in [4.78, 5) is 0. The summed E-state index contributed by atoms with van der Waals surface area (Å²) in [7, 11) is -3.29. The van der Waals surface area contributed by atoms with Crippen LogP contribution in [0.15, 0.2) is 48.5 Å². The maximum absolute atomic E-state index is 11.4. The van der Waals surface area contributed by atoms with Crippen LogP contribution >= 0.6 is 0 Å². The number of nitrogens with one attached hydrogen (secondary N) is 1. The summed E-state index contributed by atoms with van der Waals surface area (Å²) in [6, 6.07) is 15.9. The van der Waals surface area contributed by atoms with Crippen molar-refractivity contribution >= 4 is 15.7 Å². The first kappa shape index (κ1) is 14.1. The van der Waals surface area contributed by atoms with Crippen LogP contribution in [-0.4, -0.2) is 20.7 Å². The average molecular weight is 302 g/mol. The highest BCUT2D eigenvalue weighted by molar-refractivity contribution is 7.92. The summed E-state index contributed by atoms with van der Waals surface area (Å²) in [5.74, 6) is 0.475. The fraction of sp³-hybridized carbons (Fsp3) is 0.250. The number of hydrogen-bond acceptors (Lipinski definition) is 3. The van der Waals surface area contributed by atoms with E-state index in [4.69, 9.17) is 5.73 Å². The summed E-state index contributed by atoms with van der Waals surface area (Å²) in [6.45, 7) is 0. The molecular weight excluding hydrogens is 284 g/mol. The third-order valence-electron chi connectivity index (χ3n) is 3.71. The van der Waals surface area contributed by atoms with Crippen molar-refractivity contribution in [2.75, 3.05) is 11.0 Å². The molecule has 0 radical (unpaired) electrons. The molecule has 1 aliphatic rings. The van der Waals surface area contributed by atoms with Crippen LogP contribution in [-0.2, 0) is 10.0 Å². The lowest BCUT2D eigenvalue weighted by atomic mass is 10.0. The molecule has 1 aliphatic carbocycles. The van der Waals surface area contributed by atoms with E-state index in [1.54, 1.807) is 6.07 Å². The van der Waals surface area contributed by atoms with Crippen molar-refractivity contribution in [1.29, 1.82) is 0 Å². The Morgan fingerprint density at radius 1 is 1.10 bits per heavy atom. The fourth-order valence-electron chi connectivity index (χ4n) is 2.53. The van der Waals surface area contributed by atoms with Gasteiger partial charge in [-0.3, -0.25) is 4.72 Å². The Morgan fingerprint density at radius 2 is 1.71 bits per heavy atom. The van der Waals surface area contributed by atoms with E-state index in [9.17, 15) is 8.42 Å². The van der Waals surface area contributed by atoms with Gasteiger partial charge in [0.2, 0.25) is 10.0 Å². The molecule has 110 valence electrons. The van der Waals surface area contributed by atoms with Gasteiger partial charge in [0.25, 0.3) is 0 Å².